The lowest BCUT2D eigenvalue weighted by molar-refractivity contribution is 0.0289. The van der Waals surface area contributed by atoms with Crippen molar-refractivity contribution in [3.05, 3.63) is 0 Å². The molecule has 0 bridgehead atoms. The first kappa shape index (κ1) is 8.41. The van der Waals surface area contributed by atoms with Crippen molar-refractivity contribution in [1.29, 1.82) is 0 Å². The highest BCUT2D eigenvalue weighted by molar-refractivity contribution is 7.99. The minimum Gasteiger partial charge on any atom is -0.365 e. The van der Waals surface area contributed by atoms with Gasteiger partial charge in [-0.25, -0.2) is 0 Å². The topological polar surface area (TPSA) is 9.23 Å². The molecule has 1 fully saturated rings. The molecular weight excluding hydrogens is 144 g/mol. The lowest BCUT2D eigenvalue weighted by Gasteiger charge is -2.26. The predicted molar refractivity (Wildman–Crippen MR) is 46.3 cm³/mol. The second-order valence-corrected chi connectivity index (χ2v) is 4.18. The van der Waals surface area contributed by atoms with E-state index in [2.05, 4.69) is 13.8 Å². The Morgan fingerprint density at radius 3 is 3.00 bits per heavy atom. The number of hydrogen-bond donors (Lipinski definition) is 0. The van der Waals surface area contributed by atoms with Crippen LogP contribution < -0.4 is 0 Å². The molecule has 10 heavy (non-hydrogen) atoms. The summed E-state index contributed by atoms with van der Waals surface area (Å²) in [5.74, 6) is 1.28. The SMILES string of the molecule is CCCC1CCSC(C)O1. The summed E-state index contributed by atoms with van der Waals surface area (Å²) < 4.78 is 5.69. The number of rotatable bonds is 2. The van der Waals surface area contributed by atoms with Crippen molar-refractivity contribution in [1.82, 2.24) is 0 Å². The summed E-state index contributed by atoms with van der Waals surface area (Å²) in [5, 5.41) is 0. The maximum absolute atomic E-state index is 5.69. The molecule has 60 valence electrons. The molecule has 1 saturated heterocycles. The molecule has 0 spiro atoms. The Morgan fingerprint density at radius 2 is 2.40 bits per heavy atom. The van der Waals surface area contributed by atoms with Gasteiger partial charge in [0, 0.05) is 0 Å². The van der Waals surface area contributed by atoms with Crippen molar-refractivity contribution in [2.75, 3.05) is 5.75 Å². The summed E-state index contributed by atoms with van der Waals surface area (Å²) in [4.78, 5) is 0. The third-order valence-electron chi connectivity index (χ3n) is 1.79. The van der Waals surface area contributed by atoms with Crippen molar-refractivity contribution >= 4 is 11.8 Å². The first-order valence-electron chi connectivity index (χ1n) is 4.10. The van der Waals surface area contributed by atoms with Crippen molar-refractivity contribution in [3.8, 4) is 0 Å². The van der Waals surface area contributed by atoms with Crippen molar-refractivity contribution in [3.63, 3.8) is 0 Å². The molecule has 0 amide bonds. The van der Waals surface area contributed by atoms with Gasteiger partial charge in [0.05, 0.1) is 6.10 Å². The number of ether oxygens (including phenoxy) is 1. The average Bonchev–Trinajstić information content (AvgIpc) is 1.88. The smallest absolute Gasteiger partial charge is 0.100 e. The molecule has 1 rings (SSSR count). The highest BCUT2D eigenvalue weighted by atomic mass is 32.2. The Kier molecular flexibility index (Phi) is 3.57. The minimum atomic E-state index is 0.435. The molecule has 0 radical (unpaired) electrons. The Bertz CT molecular complexity index is 93.3. The second-order valence-electron chi connectivity index (χ2n) is 2.77. The summed E-state index contributed by atoms with van der Waals surface area (Å²) >= 11 is 1.93. The van der Waals surface area contributed by atoms with E-state index >= 15 is 0 Å². The first-order valence-corrected chi connectivity index (χ1v) is 5.15. The molecule has 1 heterocycles. The Balaban J connectivity index is 2.18. The number of thioether (sulfide) groups is 1. The van der Waals surface area contributed by atoms with Crippen LogP contribution >= 0.6 is 11.8 Å². The Hall–Kier alpha value is 0.310. The standard InChI is InChI=1S/C8H16OS/c1-3-4-8-5-6-10-7(2)9-8/h7-8H,3-6H2,1-2H3. The fourth-order valence-corrected chi connectivity index (χ4v) is 2.24. The van der Waals surface area contributed by atoms with Crippen LogP contribution in [-0.4, -0.2) is 17.3 Å². The predicted octanol–water partition coefficient (Wildman–Crippen LogP) is 2.65. The maximum atomic E-state index is 5.69. The molecule has 2 atom stereocenters. The zero-order chi connectivity index (χ0) is 7.40. The summed E-state index contributed by atoms with van der Waals surface area (Å²) in [6.07, 6.45) is 4.30. The van der Waals surface area contributed by atoms with E-state index in [1.54, 1.807) is 0 Å². The second kappa shape index (κ2) is 4.24. The van der Waals surface area contributed by atoms with Gasteiger partial charge < -0.3 is 4.74 Å². The van der Waals surface area contributed by atoms with Gasteiger partial charge in [0.1, 0.15) is 5.44 Å². The van der Waals surface area contributed by atoms with Gasteiger partial charge in [-0.1, -0.05) is 13.3 Å². The van der Waals surface area contributed by atoms with Gasteiger partial charge >= 0.3 is 0 Å². The molecule has 2 unspecified atom stereocenters. The van der Waals surface area contributed by atoms with Crippen LogP contribution in [0.25, 0.3) is 0 Å². The fourth-order valence-electron chi connectivity index (χ4n) is 1.28. The Labute approximate surface area is 67.5 Å². The minimum absolute atomic E-state index is 0.435. The van der Waals surface area contributed by atoms with Crippen LogP contribution in [0.4, 0.5) is 0 Å². The molecule has 0 N–H and O–H groups in total. The van der Waals surface area contributed by atoms with E-state index in [-0.39, 0.29) is 0 Å². The molecule has 0 aromatic rings. The van der Waals surface area contributed by atoms with Crippen LogP contribution in [0.3, 0.4) is 0 Å². The average molecular weight is 160 g/mol. The lowest BCUT2D eigenvalue weighted by atomic mass is 10.1. The van der Waals surface area contributed by atoms with Crippen LogP contribution in [0.15, 0.2) is 0 Å². The van der Waals surface area contributed by atoms with E-state index < -0.39 is 0 Å². The van der Waals surface area contributed by atoms with Gasteiger partial charge in [-0.15, -0.1) is 11.8 Å². The van der Waals surface area contributed by atoms with Gasteiger partial charge in [0.15, 0.2) is 0 Å². The van der Waals surface area contributed by atoms with Crippen LogP contribution in [0.1, 0.15) is 33.1 Å². The normalized spacial score (nSPS) is 34.2. The van der Waals surface area contributed by atoms with E-state index in [4.69, 9.17) is 4.74 Å². The van der Waals surface area contributed by atoms with E-state index in [1.807, 2.05) is 11.8 Å². The Morgan fingerprint density at radius 1 is 1.60 bits per heavy atom. The summed E-state index contributed by atoms with van der Waals surface area (Å²) in [7, 11) is 0. The summed E-state index contributed by atoms with van der Waals surface area (Å²) in [6.45, 7) is 4.36. The fraction of sp³-hybridized carbons (Fsp3) is 1.00. The van der Waals surface area contributed by atoms with Crippen molar-refractivity contribution in [2.24, 2.45) is 0 Å². The molecular formula is C8H16OS. The van der Waals surface area contributed by atoms with E-state index in [0.717, 1.165) is 0 Å². The molecule has 1 aliphatic rings. The van der Waals surface area contributed by atoms with E-state index in [9.17, 15) is 0 Å². The largest absolute Gasteiger partial charge is 0.365 e. The zero-order valence-electron chi connectivity index (χ0n) is 6.80. The highest BCUT2D eigenvalue weighted by Gasteiger charge is 2.17. The summed E-state index contributed by atoms with van der Waals surface area (Å²) in [5.41, 5.74) is 0.435. The van der Waals surface area contributed by atoms with Crippen LogP contribution in [0.5, 0.6) is 0 Å². The van der Waals surface area contributed by atoms with Gasteiger partial charge in [0.2, 0.25) is 0 Å². The zero-order valence-corrected chi connectivity index (χ0v) is 7.62. The van der Waals surface area contributed by atoms with Crippen molar-refractivity contribution in [2.45, 2.75) is 44.6 Å². The molecule has 1 nitrogen and oxygen atoms in total. The van der Waals surface area contributed by atoms with Gasteiger partial charge in [-0.05, 0) is 25.5 Å². The van der Waals surface area contributed by atoms with E-state index in [1.165, 1.54) is 25.0 Å². The molecule has 0 aromatic carbocycles. The molecule has 0 aromatic heterocycles. The molecule has 0 saturated carbocycles. The molecule has 0 aliphatic carbocycles. The third kappa shape index (κ3) is 2.51. The molecule has 2 heteroatoms. The first-order chi connectivity index (χ1) is 4.83. The quantitative estimate of drug-likeness (QED) is 0.614. The monoisotopic (exact) mass is 160 g/mol. The van der Waals surface area contributed by atoms with Gasteiger partial charge in [-0.2, -0.15) is 0 Å². The third-order valence-corrected chi connectivity index (χ3v) is 2.84. The van der Waals surface area contributed by atoms with Crippen LogP contribution in [0, 0.1) is 0 Å². The van der Waals surface area contributed by atoms with Crippen molar-refractivity contribution < 1.29 is 4.74 Å². The molecule has 1 aliphatic heterocycles. The van der Waals surface area contributed by atoms with Crippen LogP contribution in [0.2, 0.25) is 0 Å². The lowest BCUT2D eigenvalue weighted by Crippen LogP contribution is -2.23. The van der Waals surface area contributed by atoms with E-state index in [0.29, 0.717) is 11.5 Å². The maximum Gasteiger partial charge on any atom is 0.100 e. The number of hydrogen-bond acceptors (Lipinski definition) is 2. The highest BCUT2D eigenvalue weighted by Crippen LogP contribution is 2.25. The summed E-state index contributed by atoms with van der Waals surface area (Å²) in [6, 6.07) is 0. The van der Waals surface area contributed by atoms with Gasteiger partial charge in [0.25, 0.3) is 0 Å². The van der Waals surface area contributed by atoms with Gasteiger partial charge in [-0.3, -0.25) is 0 Å². The van der Waals surface area contributed by atoms with Crippen LogP contribution in [-0.2, 0) is 4.74 Å².